The maximum Gasteiger partial charge on any atom is 0.219 e. The molecule has 6 nitrogen and oxygen atoms in total. The van der Waals surface area contributed by atoms with Gasteiger partial charge in [-0.1, -0.05) is 0 Å². The largest absolute Gasteiger partial charge is 0.353 e. The number of carbonyl (C=O) groups excluding carboxylic acids is 1. The molecule has 0 radical (unpaired) electrons. The third kappa shape index (κ3) is 3.71. The van der Waals surface area contributed by atoms with E-state index in [1.807, 2.05) is 4.90 Å². The third-order valence-electron chi connectivity index (χ3n) is 4.17. The highest BCUT2D eigenvalue weighted by Crippen LogP contribution is 2.25. The van der Waals surface area contributed by atoms with Crippen molar-refractivity contribution in [3.05, 3.63) is 41.5 Å². The lowest BCUT2D eigenvalue weighted by Gasteiger charge is -2.35. The van der Waals surface area contributed by atoms with Crippen LogP contribution in [0.25, 0.3) is 0 Å². The summed E-state index contributed by atoms with van der Waals surface area (Å²) in [7, 11) is 0. The van der Waals surface area contributed by atoms with Gasteiger partial charge in [0.05, 0.1) is 5.69 Å². The first kappa shape index (κ1) is 18.0. The number of aromatic nitrogens is 2. The zero-order valence-electron chi connectivity index (χ0n) is 14.4. The minimum atomic E-state index is -1.54. The molecule has 138 valence electrons. The van der Waals surface area contributed by atoms with E-state index in [1.54, 1.807) is 17.9 Å². The first-order chi connectivity index (χ1) is 12.3. The summed E-state index contributed by atoms with van der Waals surface area (Å²) in [5.41, 5.74) is -0.214. The highest BCUT2D eigenvalue weighted by Gasteiger charge is 2.21. The highest BCUT2D eigenvalue weighted by molar-refractivity contribution is 5.73. The predicted octanol–water partition coefficient (Wildman–Crippen LogP) is 2.61. The first-order valence-corrected chi connectivity index (χ1v) is 8.12. The summed E-state index contributed by atoms with van der Waals surface area (Å²) < 4.78 is 40.3. The number of hydrogen-bond donors (Lipinski definition) is 1. The van der Waals surface area contributed by atoms with E-state index in [2.05, 4.69) is 15.3 Å². The molecule has 1 aliphatic heterocycles. The lowest BCUT2D eigenvalue weighted by atomic mass is 10.2. The van der Waals surface area contributed by atoms with Gasteiger partial charge in [0, 0.05) is 39.2 Å². The molecule has 0 atom stereocenters. The molecule has 2 heterocycles. The van der Waals surface area contributed by atoms with Crippen LogP contribution in [0, 0.1) is 24.4 Å². The number of piperazine rings is 1. The number of amides is 1. The molecule has 0 spiro atoms. The Kier molecular flexibility index (Phi) is 4.97. The molecule has 9 heteroatoms. The topological polar surface area (TPSA) is 61.4 Å². The Balaban J connectivity index is 1.81. The van der Waals surface area contributed by atoms with Gasteiger partial charge < -0.3 is 15.1 Å². The Labute approximate surface area is 148 Å². The molecule has 0 bridgehead atoms. The van der Waals surface area contributed by atoms with Crippen LogP contribution in [0.2, 0.25) is 0 Å². The zero-order valence-corrected chi connectivity index (χ0v) is 14.4. The van der Waals surface area contributed by atoms with Gasteiger partial charge in [0.1, 0.15) is 17.5 Å². The van der Waals surface area contributed by atoms with Gasteiger partial charge in [-0.2, -0.15) is 0 Å². The standard InChI is InChI=1S/C17H18F3N5O/c1-10-21-14(23-13-4-3-12(18)16(19)17(13)20)9-15(22-10)25-7-5-24(6-8-25)11(2)26/h3-4,9H,5-8H2,1-2H3,(H,21,22,23). The van der Waals surface area contributed by atoms with Crippen molar-refractivity contribution in [2.24, 2.45) is 0 Å². The van der Waals surface area contributed by atoms with Crippen LogP contribution in [-0.2, 0) is 4.79 Å². The maximum absolute atomic E-state index is 13.9. The molecular weight excluding hydrogens is 347 g/mol. The van der Waals surface area contributed by atoms with Crippen LogP contribution >= 0.6 is 0 Å². The fourth-order valence-electron chi connectivity index (χ4n) is 2.79. The van der Waals surface area contributed by atoms with Crippen molar-refractivity contribution in [3.8, 4) is 0 Å². The average Bonchev–Trinajstić information content (AvgIpc) is 2.62. The zero-order chi connectivity index (χ0) is 18.8. The lowest BCUT2D eigenvalue weighted by molar-refractivity contribution is -0.129. The van der Waals surface area contributed by atoms with E-state index in [0.717, 1.165) is 12.1 Å². The van der Waals surface area contributed by atoms with Crippen LogP contribution in [0.3, 0.4) is 0 Å². The van der Waals surface area contributed by atoms with Gasteiger partial charge in [-0.05, 0) is 19.1 Å². The van der Waals surface area contributed by atoms with Crippen molar-refractivity contribution < 1.29 is 18.0 Å². The number of nitrogens with zero attached hydrogens (tertiary/aromatic N) is 4. The van der Waals surface area contributed by atoms with Crippen molar-refractivity contribution >= 4 is 23.2 Å². The fourth-order valence-corrected chi connectivity index (χ4v) is 2.79. The smallest absolute Gasteiger partial charge is 0.219 e. The van der Waals surface area contributed by atoms with Crippen LogP contribution in [0.1, 0.15) is 12.7 Å². The molecule has 1 N–H and O–H groups in total. The molecule has 26 heavy (non-hydrogen) atoms. The van der Waals surface area contributed by atoms with E-state index in [-0.39, 0.29) is 17.4 Å². The number of aryl methyl sites for hydroxylation is 1. The van der Waals surface area contributed by atoms with Gasteiger partial charge in [-0.25, -0.2) is 23.1 Å². The Morgan fingerprint density at radius 2 is 1.77 bits per heavy atom. The Morgan fingerprint density at radius 1 is 1.08 bits per heavy atom. The van der Waals surface area contributed by atoms with Crippen molar-refractivity contribution in [3.63, 3.8) is 0 Å². The summed E-state index contributed by atoms with van der Waals surface area (Å²) in [6.45, 7) is 5.59. The van der Waals surface area contributed by atoms with Gasteiger partial charge in [0.15, 0.2) is 17.5 Å². The minimum Gasteiger partial charge on any atom is -0.353 e. The van der Waals surface area contributed by atoms with Gasteiger partial charge in [0.2, 0.25) is 5.91 Å². The van der Waals surface area contributed by atoms with Crippen molar-refractivity contribution in [1.29, 1.82) is 0 Å². The molecule has 1 aliphatic rings. The first-order valence-electron chi connectivity index (χ1n) is 8.12. The van der Waals surface area contributed by atoms with Crippen molar-refractivity contribution in [1.82, 2.24) is 14.9 Å². The Morgan fingerprint density at radius 3 is 2.42 bits per heavy atom. The second-order valence-electron chi connectivity index (χ2n) is 6.00. The van der Waals surface area contributed by atoms with Crippen LogP contribution in [0.15, 0.2) is 18.2 Å². The Hall–Kier alpha value is -2.84. The second kappa shape index (κ2) is 7.19. The normalized spacial score (nSPS) is 14.5. The molecule has 0 saturated carbocycles. The molecule has 0 aliphatic carbocycles. The molecule has 1 aromatic carbocycles. The summed E-state index contributed by atoms with van der Waals surface area (Å²) in [5.74, 6) is -2.74. The summed E-state index contributed by atoms with van der Waals surface area (Å²) in [6.07, 6.45) is 0. The number of rotatable bonds is 3. The monoisotopic (exact) mass is 365 g/mol. The quantitative estimate of drug-likeness (QED) is 0.848. The average molecular weight is 365 g/mol. The molecule has 2 aromatic rings. The van der Waals surface area contributed by atoms with Gasteiger partial charge in [-0.15, -0.1) is 0 Å². The number of carbonyl (C=O) groups is 1. The molecule has 3 rings (SSSR count). The lowest BCUT2D eigenvalue weighted by Crippen LogP contribution is -2.48. The van der Waals surface area contributed by atoms with Crippen molar-refractivity contribution in [2.45, 2.75) is 13.8 Å². The second-order valence-corrected chi connectivity index (χ2v) is 6.00. The molecule has 1 aromatic heterocycles. The highest BCUT2D eigenvalue weighted by atomic mass is 19.2. The number of nitrogens with one attached hydrogen (secondary N) is 1. The van der Waals surface area contributed by atoms with Gasteiger partial charge in [-0.3, -0.25) is 4.79 Å². The van der Waals surface area contributed by atoms with Crippen LogP contribution in [0.4, 0.5) is 30.5 Å². The van der Waals surface area contributed by atoms with E-state index in [4.69, 9.17) is 0 Å². The molecule has 1 saturated heterocycles. The van der Waals surface area contributed by atoms with E-state index in [0.29, 0.717) is 37.8 Å². The van der Waals surface area contributed by atoms with Crippen molar-refractivity contribution in [2.75, 3.05) is 36.4 Å². The van der Waals surface area contributed by atoms with E-state index in [9.17, 15) is 18.0 Å². The van der Waals surface area contributed by atoms with Crippen LogP contribution in [0.5, 0.6) is 0 Å². The van der Waals surface area contributed by atoms with E-state index < -0.39 is 17.5 Å². The summed E-state index contributed by atoms with van der Waals surface area (Å²) >= 11 is 0. The Bertz CT molecular complexity index is 837. The number of halogens is 3. The molecule has 0 unspecified atom stereocenters. The maximum atomic E-state index is 13.9. The molecule has 1 fully saturated rings. The number of hydrogen-bond acceptors (Lipinski definition) is 5. The van der Waals surface area contributed by atoms with Crippen LogP contribution in [-0.4, -0.2) is 47.0 Å². The van der Waals surface area contributed by atoms with E-state index in [1.165, 1.54) is 6.92 Å². The minimum absolute atomic E-state index is 0.0275. The summed E-state index contributed by atoms with van der Waals surface area (Å²) in [6, 6.07) is 3.56. The van der Waals surface area contributed by atoms with Crippen LogP contribution < -0.4 is 10.2 Å². The predicted molar refractivity (Wildman–Crippen MR) is 90.8 cm³/mol. The third-order valence-corrected chi connectivity index (χ3v) is 4.17. The van der Waals surface area contributed by atoms with Gasteiger partial charge >= 0.3 is 0 Å². The summed E-state index contributed by atoms with van der Waals surface area (Å²) in [5, 5.41) is 2.66. The van der Waals surface area contributed by atoms with Gasteiger partial charge in [0.25, 0.3) is 0 Å². The number of anilines is 3. The molecular formula is C17H18F3N5O. The SMILES string of the molecule is CC(=O)N1CCN(c2cc(Nc3ccc(F)c(F)c3F)nc(C)n2)CC1. The number of benzene rings is 1. The fraction of sp³-hybridized carbons (Fsp3) is 0.353. The molecule has 1 amide bonds. The van der Waals surface area contributed by atoms with E-state index >= 15 is 0 Å². The summed E-state index contributed by atoms with van der Waals surface area (Å²) in [4.78, 5) is 23.7.